The molecule has 0 aliphatic carbocycles. The number of alkyl halides is 3. The molecule has 0 heterocycles. The third kappa shape index (κ3) is 5.59. The minimum Gasteiger partial charge on any atom is -0.452 e. The number of halogens is 3. The van der Waals surface area contributed by atoms with Crippen LogP contribution in [0.1, 0.15) is 66.6 Å². The van der Waals surface area contributed by atoms with E-state index in [0.717, 1.165) is 23.3 Å². The number of anilines is 1. The van der Waals surface area contributed by atoms with E-state index in [1.54, 1.807) is 0 Å². The molecule has 0 aliphatic heterocycles. The monoisotopic (exact) mass is 407 g/mol. The summed E-state index contributed by atoms with van der Waals surface area (Å²) in [5.41, 5.74) is 0.779. The van der Waals surface area contributed by atoms with Crippen LogP contribution in [0.3, 0.4) is 0 Å². The molecule has 0 saturated heterocycles. The molecule has 29 heavy (non-hydrogen) atoms. The lowest BCUT2D eigenvalue weighted by molar-refractivity contribution is -0.138. The van der Waals surface area contributed by atoms with Crippen LogP contribution in [0.25, 0.3) is 0 Å². The van der Waals surface area contributed by atoms with Gasteiger partial charge < -0.3 is 10.1 Å². The minimum absolute atomic E-state index is 0.144. The van der Waals surface area contributed by atoms with E-state index in [9.17, 15) is 22.8 Å². The molecule has 2 rings (SSSR count). The lowest BCUT2D eigenvalue weighted by Crippen LogP contribution is -2.24. The van der Waals surface area contributed by atoms with Gasteiger partial charge in [-0.05, 0) is 35.1 Å². The van der Waals surface area contributed by atoms with Gasteiger partial charge in [0.15, 0.2) is 6.61 Å². The van der Waals surface area contributed by atoms with E-state index in [1.807, 2.05) is 45.9 Å². The first-order valence-electron chi connectivity index (χ1n) is 9.28. The summed E-state index contributed by atoms with van der Waals surface area (Å²) < 4.78 is 44.0. The van der Waals surface area contributed by atoms with Gasteiger partial charge in [0.1, 0.15) is 0 Å². The number of carbonyl (C=O) groups is 2. The molecular formula is C22H24F3NO3. The smallest absolute Gasteiger partial charge is 0.417 e. The fraction of sp³-hybridized carbons (Fsp3) is 0.364. The molecule has 1 N–H and O–H groups in total. The Labute approximate surface area is 168 Å². The summed E-state index contributed by atoms with van der Waals surface area (Å²) in [6.45, 7) is 7.27. The lowest BCUT2D eigenvalue weighted by atomic mass is 9.92. The maximum Gasteiger partial charge on any atom is 0.417 e. The van der Waals surface area contributed by atoms with E-state index in [-0.39, 0.29) is 11.8 Å². The molecule has 156 valence electrons. The van der Waals surface area contributed by atoms with Crippen molar-refractivity contribution < 1.29 is 27.5 Å². The van der Waals surface area contributed by atoms with Crippen LogP contribution in [0.5, 0.6) is 0 Å². The van der Waals surface area contributed by atoms with Crippen LogP contribution in [0.15, 0.2) is 42.5 Å². The van der Waals surface area contributed by atoms with Crippen molar-refractivity contribution in [1.29, 1.82) is 0 Å². The first-order chi connectivity index (χ1) is 13.5. The number of hydrogen-bond acceptors (Lipinski definition) is 3. The van der Waals surface area contributed by atoms with Crippen LogP contribution < -0.4 is 5.32 Å². The highest BCUT2D eigenvalue weighted by Crippen LogP contribution is 2.33. The van der Waals surface area contributed by atoms with Gasteiger partial charge in [0.25, 0.3) is 5.91 Å². The summed E-state index contributed by atoms with van der Waals surface area (Å²) in [5.74, 6) is -1.53. The molecule has 0 bridgehead atoms. The zero-order valence-corrected chi connectivity index (χ0v) is 16.8. The fourth-order valence-corrected chi connectivity index (χ4v) is 2.99. The Kier molecular flexibility index (Phi) is 7.06. The van der Waals surface area contributed by atoms with Crippen LogP contribution >= 0.6 is 0 Å². The van der Waals surface area contributed by atoms with Crippen LogP contribution in [0.4, 0.5) is 18.9 Å². The van der Waals surface area contributed by atoms with Gasteiger partial charge in [0.2, 0.25) is 0 Å². The first kappa shape index (κ1) is 22.5. The Hall–Kier alpha value is -2.83. The van der Waals surface area contributed by atoms with Crippen molar-refractivity contribution in [2.24, 2.45) is 0 Å². The number of para-hydroxylation sites is 1. The Morgan fingerprint density at radius 2 is 1.48 bits per heavy atom. The average molecular weight is 407 g/mol. The van der Waals surface area contributed by atoms with Gasteiger partial charge in [-0.2, -0.15) is 13.2 Å². The molecule has 0 aromatic heterocycles. The molecule has 7 heteroatoms. The third-order valence-corrected chi connectivity index (χ3v) is 4.42. The molecule has 0 saturated carbocycles. The van der Waals surface area contributed by atoms with E-state index >= 15 is 0 Å². The van der Waals surface area contributed by atoms with E-state index < -0.39 is 35.8 Å². The normalized spacial score (nSPS) is 11.6. The van der Waals surface area contributed by atoms with Crippen LogP contribution in [-0.2, 0) is 15.7 Å². The molecule has 2 aromatic carbocycles. The molecule has 0 aliphatic rings. The predicted molar refractivity (Wildman–Crippen MR) is 105 cm³/mol. The third-order valence-electron chi connectivity index (χ3n) is 4.42. The SMILES string of the molecule is CC(C)c1cccc(C(C)C)c1NC(=O)COC(=O)c1ccccc1C(F)(F)F. The topological polar surface area (TPSA) is 55.4 Å². The van der Waals surface area contributed by atoms with Crippen LogP contribution in [0, 0.1) is 0 Å². The second-order valence-electron chi connectivity index (χ2n) is 7.29. The average Bonchev–Trinajstić information content (AvgIpc) is 2.65. The van der Waals surface area contributed by atoms with Crippen molar-refractivity contribution in [3.63, 3.8) is 0 Å². The van der Waals surface area contributed by atoms with E-state index in [1.165, 1.54) is 12.1 Å². The van der Waals surface area contributed by atoms with E-state index in [0.29, 0.717) is 5.69 Å². The Morgan fingerprint density at radius 1 is 0.931 bits per heavy atom. The predicted octanol–water partition coefficient (Wildman–Crippen LogP) is 5.75. The highest BCUT2D eigenvalue weighted by molar-refractivity contribution is 5.97. The largest absolute Gasteiger partial charge is 0.452 e. The first-order valence-corrected chi connectivity index (χ1v) is 9.28. The molecule has 1 amide bonds. The molecule has 0 radical (unpaired) electrons. The number of carbonyl (C=O) groups excluding carboxylic acids is 2. The summed E-state index contributed by atoms with van der Waals surface area (Å²) >= 11 is 0. The maximum atomic E-state index is 13.0. The molecule has 4 nitrogen and oxygen atoms in total. The van der Waals surface area contributed by atoms with Gasteiger partial charge in [0, 0.05) is 5.69 Å². The summed E-state index contributed by atoms with van der Waals surface area (Å²) in [5, 5.41) is 2.76. The van der Waals surface area contributed by atoms with Gasteiger partial charge in [0.05, 0.1) is 11.1 Å². The standard InChI is InChI=1S/C22H24F3NO3/c1-13(2)15-9-7-10-16(14(3)4)20(15)26-19(27)12-29-21(28)17-8-5-6-11-18(17)22(23,24)25/h5-11,13-14H,12H2,1-4H3,(H,26,27). The number of ether oxygens (including phenoxy) is 1. The van der Waals surface area contributed by atoms with Gasteiger partial charge in [-0.3, -0.25) is 4.79 Å². The Morgan fingerprint density at radius 3 is 2.00 bits per heavy atom. The highest BCUT2D eigenvalue weighted by Gasteiger charge is 2.35. The number of amides is 1. The molecule has 0 atom stereocenters. The van der Waals surface area contributed by atoms with Gasteiger partial charge >= 0.3 is 12.1 Å². The second-order valence-corrected chi connectivity index (χ2v) is 7.29. The maximum absolute atomic E-state index is 13.0. The summed E-state index contributed by atoms with van der Waals surface area (Å²) in [6, 6.07) is 10.0. The highest BCUT2D eigenvalue weighted by atomic mass is 19.4. The number of esters is 1. The quantitative estimate of drug-likeness (QED) is 0.621. The Balaban J connectivity index is 2.15. The number of hydrogen-bond donors (Lipinski definition) is 1. The lowest BCUT2D eigenvalue weighted by Gasteiger charge is -2.20. The zero-order valence-electron chi connectivity index (χ0n) is 16.8. The number of rotatable bonds is 6. The van der Waals surface area contributed by atoms with Crippen molar-refractivity contribution in [2.75, 3.05) is 11.9 Å². The van der Waals surface area contributed by atoms with Crippen molar-refractivity contribution in [2.45, 2.75) is 45.7 Å². The van der Waals surface area contributed by atoms with Gasteiger partial charge in [-0.15, -0.1) is 0 Å². The Bertz CT molecular complexity index is 863. The van der Waals surface area contributed by atoms with Crippen molar-refractivity contribution >= 4 is 17.6 Å². The summed E-state index contributed by atoms with van der Waals surface area (Å²) in [7, 11) is 0. The van der Waals surface area contributed by atoms with Crippen molar-refractivity contribution in [1.82, 2.24) is 0 Å². The minimum atomic E-state index is -4.69. The van der Waals surface area contributed by atoms with Crippen LogP contribution in [-0.4, -0.2) is 18.5 Å². The second kappa shape index (κ2) is 9.11. The van der Waals surface area contributed by atoms with Crippen LogP contribution in [0.2, 0.25) is 0 Å². The number of nitrogens with one attached hydrogen (secondary N) is 1. The fourth-order valence-electron chi connectivity index (χ4n) is 2.99. The molecular weight excluding hydrogens is 383 g/mol. The summed E-state index contributed by atoms with van der Waals surface area (Å²) in [4.78, 5) is 24.5. The van der Waals surface area contributed by atoms with Gasteiger partial charge in [-0.25, -0.2) is 4.79 Å². The van der Waals surface area contributed by atoms with Crippen molar-refractivity contribution in [3.05, 3.63) is 64.7 Å². The van der Waals surface area contributed by atoms with E-state index in [2.05, 4.69) is 5.32 Å². The number of benzene rings is 2. The van der Waals surface area contributed by atoms with Gasteiger partial charge in [-0.1, -0.05) is 58.0 Å². The molecule has 2 aromatic rings. The van der Waals surface area contributed by atoms with E-state index in [4.69, 9.17) is 4.74 Å². The molecule has 0 fully saturated rings. The molecule has 0 unspecified atom stereocenters. The molecule has 0 spiro atoms. The summed E-state index contributed by atoms with van der Waals surface area (Å²) in [6.07, 6.45) is -4.69. The van der Waals surface area contributed by atoms with Crippen molar-refractivity contribution in [3.8, 4) is 0 Å². The zero-order chi connectivity index (χ0) is 21.8.